The molecule has 1 aromatic heterocycles. The van der Waals surface area contributed by atoms with Crippen LogP contribution in [0, 0.1) is 0 Å². The highest BCUT2D eigenvalue weighted by molar-refractivity contribution is 7.94. The first-order valence-electron chi connectivity index (χ1n) is 7.47. The molecule has 0 fully saturated rings. The van der Waals surface area contributed by atoms with Crippen molar-refractivity contribution in [3.63, 3.8) is 0 Å². The molecule has 0 unspecified atom stereocenters. The number of aromatic hydroxyl groups is 1. The number of hydrogen-bond acceptors (Lipinski definition) is 7. The highest BCUT2D eigenvalue weighted by atomic mass is 32.2. The molecule has 2 aromatic rings. The van der Waals surface area contributed by atoms with Crippen molar-refractivity contribution in [3.05, 3.63) is 62.2 Å². The number of methoxy groups -OCH3 is 1. The summed E-state index contributed by atoms with van der Waals surface area (Å²) in [7, 11) is -1.80. The van der Waals surface area contributed by atoms with E-state index in [2.05, 4.69) is 9.98 Å². The number of sulfone groups is 1. The second-order valence-corrected chi connectivity index (χ2v) is 7.46. The fraction of sp³-hybridized carbons (Fsp3) is 0.188. The summed E-state index contributed by atoms with van der Waals surface area (Å²) in [5.41, 5.74) is -1.59. The van der Waals surface area contributed by atoms with Crippen molar-refractivity contribution in [2.24, 2.45) is 4.99 Å². The molecular formula is C16H15N3O6S. The van der Waals surface area contributed by atoms with Crippen LogP contribution in [0.25, 0.3) is 5.69 Å². The highest BCUT2D eigenvalue weighted by Crippen LogP contribution is 2.19. The molecular weight excluding hydrogens is 362 g/mol. The summed E-state index contributed by atoms with van der Waals surface area (Å²) in [6.45, 7) is 0. The first-order chi connectivity index (χ1) is 12.3. The number of ether oxygens (including phenoxy) is 1. The summed E-state index contributed by atoms with van der Waals surface area (Å²) in [6, 6.07) is 5.60. The maximum atomic E-state index is 12.1. The second-order valence-electron chi connectivity index (χ2n) is 5.53. The van der Waals surface area contributed by atoms with E-state index < -0.39 is 33.0 Å². The zero-order valence-corrected chi connectivity index (χ0v) is 14.4. The van der Waals surface area contributed by atoms with Gasteiger partial charge in [-0.15, -0.1) is 0 Å². The molecule has 2 N–H and O–H groups in total. The molecule has 0 spiro atoms. The maximum absolute atomic E-state index is 12.1. The Labute approximate surface area is 147 Å². The van der Waals surface area contributed by atoms with Crippen molar-refractivity contribution in [1.82, 2.24) is 9.55 Å². The molecule has 0 amide bonds. The van der Waals surface area contributed by atoms with Gasteiger partial charge in [0.05, 0.1) is 24.6 Å². The van der Waals surface area contributed by atoms with Crippen molar-refractivity contribution in [2.75, 3.05) is 12.9 Å². The fourth-order valence-corrected chi connectivity index (χ4v) is 3.65. The van der Waals surface area contributed by atoms with Crippen LogP contribution < -0.4 is 16.0 Å². The Morgan fingerprint density at radius 3 is 2.58 bits per heavy atom. The molecule has 1 aliphatic rings. The van der Waals surface area contributed by atoms with E-state index in [-0.39, 0.29) is 11.3 Å². The van der Waals surface area contributed by atoms with E-state index in [4.69, 9.17) is 4.74 Å². The average Bonchev–Trinajstić information content (AvgIpc) is 2.94. The van der Waals surface area contributed by atoms with Crippen LogP contribution in [0.4, 0.5) is 0 Å². The van der Waals surface area contributed by atoms with E-state index in [1.54, 1.807) is 12.1 Å². The molecule has 0 radical (unpaired) electrons. The summed E-state index contributed by atoms with van der Waals surface area (Å²) in [5.74, 6) is -0.250. The predicted molar refractivity (Wildman–Crippen MR) is 95.2 cm³/mol. The second kappa shape index (κ2) is 6.64. The third-order valence-corrected chi connectivity index (χ3v) is 5.14. The van der Waals surface area contributed by atoms with Crippen LogP contribution in [0.3, 0.4) is 0 Å². The lowest BCUT2D eigenvalue weighted by atomic mass is 10.2. The smallest absolute Gasteiger partial charge is 0.335 e. The zero-order chi connectivity index (χ0) is 18.9. The van der Waals surface area contributed by atoms with Gasteiger partial charge >= 0.3 is 5.69 Å². The molecule has 26 heavy (non-hydrogen) atoms. The number of H-pyrrole nitrogens is 1. The number of aliphatic imine (C=N–C) groups is 1. The molecule has 0 saturated carbocycles. The van der Waals surface area contributed by atoms with Crippen molar-refractivity contribution >= 4 is 16.1 Å². The van der Waals surface area contributed by atoms with Crippen LogP contribution in [0.1, 0.15) is 5.56 Å². The van der Waals surface area contributed by atoms with E-state index in [0.29, 0.717) is 11.4 Å². The molecule has 1 aliphatic heterocycles. The predicted octanol–water partition coefficient (Wildman–Crippen LogP) is -0.0304. The van der Waals surface area contributed by atoms with Crippen molar-refractivity contribution in [2.45, 2.75) is 6.04 Å². The van der Waals surface area contributed by atoms with Crippen LogP contribution in [0.5, 0.6) is 11.6 Å². The van der Waals surface area contributed by atoms with Crippen LogP contribution in [-0.2, 0) is 9.84 Å². The van der Waals surface area contributed by atoms with Gasteiger partial charge in [0.1, 0.15) is 11.3 Å². The minimum absolute atomic E-state index is 0.208. The lowest BCUT2D eigenvalue weighted by Gasteiger charge is -2.10. The van der Waals surface area contributed by atoms with Gasteiger partial charge in [0.25, 0.3) is 5.56 Å². The van der Waals surface area contributed by atoms with E-state index in [9.17, 15) is 23.1 Å². The number of rotatable bonds is 4. The van der Waals surface area contributed by atoms with Crippen molar-refractivity contribution in [1.29, 1.82) is 0 Å². The minimum Gasteiger partial charge on any atom is -0.497 e. The van der Waals surface area contributed by atoms with Crippen molar-refractivity contribution in [3.8, 4) is 17.3 Å². The number of aromatic amines is 1. The van der Waals surface area contributed by atoms with E-state index in [1.165, 1.54) is 25.3 Å². The maximum Gasteiger partial charge on any atom is 0.335 e. The first-order valence-corrected chi connectivity index (χ1v) is 9.19. The Morgan fingerprint density at radius 2 is 2.00 bits per heavy atom. The van der Waals surface area contributed by atoms with E-state index >= 15 is 0 Å². The molecule has 2 heterocycles. The molecule has 10 heteroatoms. The lowest BCUT2D eigenvalue weighted by molar-refractivity contribution is 0.414. The molecule has 0 bridgehead atoms. The monoisotopic (exact) mass is 377 g/mol. The van der Waals surface area contributed by atoms with Gasteiger partial charge in [-0.05, 0) is 30.3 Å². The highest BCUT2D eigenvalue weighted by Gasteiger charge is 2.21. The Balaban J connectivity index is 2.03. The Morgan fingerprint density at radius 1 is 1.31 bits per heavy atom. The normalized spacial score (nSPS) is 18.4. The van der Waals surface area contributed by atoms with Gasteiger partial charge in [0.15, 0.2) is 9.84 Å². The van der Waals surface area contributed by atoms with E-state index in [0.717, 1.165) is 16.2 Å². The van der Waals surface area contributed by atoms with Gasteiger partial charge in [-0.2, -0.15) is 0 Å². The van der Waals surface area contributed by atoms with Crippen LogP contribution in [0.2, 0.25) is 0 Å². The summed E-state index contributed by atoms with van der Waals surface area (Å²) >= 11 is 0. The largest absolute Gasteiger partial charge is 0.497 e. The van der Waals surface area contributed by atoms with Gasteiger partial charge in [0, 0.05) is 11.6 Å². The molecule has 3 rings (SSSR count). The number of benzene rings is 1. The van der Waals surface area contributed by atoms with Gasteiger partial charge in [0.2, 0.25) is 5.88 Å². The van der Waals surface area contributed by atoms with Crippen LogP contribution in [-0.4, -0.2) is 48.2 Å². The quantitative estimate of drug-likeness (QED) is 0.720. The third kappa shape index (κ3) is 3.45. The van der Waals surface area contributed by atoms with Crippen LogP contribution >= 0.6 is 0 Å². The van der Waals surface area contributed by atoms with E-state index in [1.807, 2.05) is 0 Å². The molecule has 0 saturated heterocycles. The number of aromatic nitrogens is 2. The van der Waals surface area contributed by atoms with Crippen molar-refractivity contribution < 1.29 is 18.3 Å². The summed E-state index contributed by atoms with van der Waals surface area (Å²) in [6.07, 6.45) is 2.44. The third-order valence-electron chi connectivity index (χ3n) is 3.76. The Kier molecular flexibility index (Phi) is 4.51. The molecule has 1 atom stereocenters. The fourth-order valence-electron chi connectivity index (χ4n) is 2.45. The molecule has 9 nitrogen and oxygen atoms in total. The standard InChI is InChI=1S/C16H15N3O6S/c1-25-12-4-2-11(3-5-12)19-15(21)13(14(20)18-16(19)22)8-17-10-6-7-26(23,24)9-10/h2-8,10,21H,9H2,1H3,(H,18,20,22)/t10-/m0/s1. The lowest BCUT2D eigenvalue weighted by Crippen LogP contribution is -2.31. The number of nitrogens with one attached hydrogen (secondary N) is 1. The van der Waals surface area contributed by atoms with Gasteiger partial charge < -0.3 is 9.84 Å². The first kappa shape index (κ1) is 17.7. The van der Waals surface area contributed by atoms with Gasteiger partial charge in [-0.1, -0.05) is 0 Å². The summed E-state index contributed by atoms with van der Waals surface area (Å²) in [5, 5.41) is 11.4. The topological polar surface area (TPSA) is 131 Å². The van der Waals surface area contributed by atoms with Gasteiger partial charge in [-0.3, -0.25) is 14.8 Å². The molecule has 0 aliphatic carbocycles. The Hall–Kier alpha value is -3.14. The molecule has 1 aromatic carbocycles. The minimum atomic E-state index is -3.29. The summed E-state index contributed by atoms with van der Waals surface area (Å²) in [4.78, 5) is 30.2. The average molecular weight is 377 g/mol. The van der Waals surface area contributed by atoms with Gasteiger partial charge in [-0.25, -0.2) is 17.8 Å². The molecule has 136 valence electrons. The zero-order valence-electron chi connectivity index (χ0n) is 13.6. The summed E-state index contributed by atoms with van der Waals surface area (Å²) < 4.78 is 28.7. The SMILES string of the molecule is COc1ccc(-n2c(O)c(C=N[C@H]3C=CS(=O)(=O)C3)c(=O)[nH]c2=O)cc1. The number of hydrogen-bond donors (Lipinski definition) is 2. The van der Waals surface area contributed by atoms with Crippen LogP contribution in [0.15, 0.2) is 50.3 Å². The Bertz CT molecular complexity index is 1110. The number of nitrogens with zero attached hydrogens (tertiary/aromatic N) is 2.